The highest BCUT2D eigenvalue weighted by Gasteiger charge is 2.14. The Bertz CT molecular complexity index is 721. The summed E-state index contributed by atoms with van der Waals surface area (Å²) in [5.74, 6) is -0.325. The van der Waals surface area contributed by atoms with E-state index in [1.54, 1.807) is 37.5 Å². The lowest BCUT2D eigenvalue weighted by Crippen LogP contribution is -2.28. The molecule has 0 aliphatic heterocycles. The molecule has 124 valence electrons. The van der Waals surface area contributed by atoms with Crippen molar-refractivity contribution in [3.05, 3.63) is 77.5 Å². The van der Waals surface area contributed by atoms with Crippen LogP contribution < -0.4 is 10.1 Å². The number of allylic oxidation sites excluding steroid dienone is 1. The molecule has 0 unspecified atom stereocenters. The molecule has 0 spiro atoms. The largest absolute Gasteiger partial charge is 0.497 e. The number of ether oxygens (including phenoxy) is 2. The molecule has 2 aromatic carbocycles. The number of benzene rings is 2. The molecule has 0 radical (unpaired) electrons. The second kappa shape index (κ2) is 8.53. The fraction of sp³-hybridized carbons (Fsp3) is 0.158. The van der Waals surface area contributed by atoms with E-state index in [-0.39, 0.29) is 11.6 Å². The normalized spacial score (nSPS) is 10.8. The summed E-state index contributed by atoms with van der Waals surface area (Å²) in [6.45, 7) is 0. The Morgan fingerprint density at radius 3 is 2.25 bits per heavy atom. The van der Waals surface area contributed by atoms with E-state index in [0.29, 0.717) is 17.7 Å². The Morgan fingerprint density at radius 2 is 1.67 bits per heavy atom. The zero-order chi connectivity index (χ0) is 17.4. The summed E-state index contributed by atoms with van der Waals surface area (Å²) in [5.41, 5.74) is 1.56. The van der Waals surface area contributed by atoms with Gasteiger partial charge in [-0.15, -0.1) is 0 Å². The second-order valence-electron chi connectivity index (χ2n) is 4.98. The number of esters is 1. The minimum Gasteiger partial charge on any atom is -0.497 e. The molecule has 2 rings (SSSR count). The molecule has 0 aliphatic rings. The number of rotatable bonds is 6. The first kappa shape index (κ1) is 17.3. The molecule has 0 bridgehead atoms. The molecule has 24 heavy (non-hydrogen) atoms. The van der Waals surface area contributed by atoms with Gasteiger partial charge in [0.25, 0.3) is 5.91 Å². The first-order chi connectivity index (χ1) is 11.6. The SMILES string of the molecule is COC(=O)/C(=C\Cc1ccccc1)NC(=O)c1ccc(OC)cc1. The van der Waals surface area contributed by atoms with Crippen molar-refractivity contribution >= 4 is 11.9 Å². The summed E-state index contributed by atoms with van der Waals surface area (Å²) < 4.78 is 9.79. The van der Waals surface area contributed by atoms with Crippen molar-refractivity contribution in [3.8, 4) is 5.75 Å². The number of hydrogen-bond donors (Lipinski definition) is 1. The minimum absolute atomic E-state index is 0.113. The van der Waals surface area contributed by atoms with Gasteiger partial charge in [-0.25, -0.2) is 4.79 Å². The van der Waals surface area contributed by atoms with Crippen LogP contribution in [0.2, 0.25) is 0 Å². The average Bonchev–Trinajstić information content (AvgIpc) is 2.65. The van der Waals surface area contributed by atoms with Crippen molar-refractivity contribution in [1.29, 1.82) is 0 Å². The second-order valence-corrected chi connectivity index (χ2v) is 4.98. The third kappa shape index (κ3) is 4.71. The third-order valence-corrected chi connectivity index (χ3v) is 3.39. The molecule has 0 saturated heterocycles. The van der Waals surface area contributed by atoms with Crippen molar-refractivity contribution in [2.75, 3.05) is 14.2 Å². The summed E-state index contributed by atoms with van der Waals surface area (Å²) >= 11 is 0. The minimum atomic E-state index is -0.590. The summed E-state index contributed by atoms with van der Waals surface area (Å²) in [7, 11) is 2.83. The Hall–Kier alpha value is -3.08. The van der Waals surface area contributed by atoms with Gasteiger partial charge in [0.2, 0.25) is 0 Å². The van der Waals surface area contributed by atoms with Crippen molar-refractivity contribution < 1.29 is 19.1 Å². The summed E-state index contributed by atoms with van der Waals surface area (Å²) in [6, 6.07) is 16.2. The first-order valence-corrected chi connectivity index (χ1v) is 7.42. The molecule has 0 aromatic heterocycles. The Morgan fingerprint density at radius 1 is 1.00 bits per heavy atom. The van der Waals surface area contributed by atoms with E-state index in [4.69, 9.17) is 9.47 Å². The molecule has 0 fully saturated rings. The highest BCUT2D eigenvalue weighted by atomic mass is 16.5. The predicted molar refractivity (Wildman–Crippen MR) is 90.7 cm³/mol. The van der Waals surface area contributed by atoms with Crippen molar-refractivity contribution in [1.82, 2.24) is 5.32 Å². The van der Waals surface area contributed by atoms with E-state index >= 15 is 0 Å². The highest BCUT2D eigenvalue weighted by molar-refractivity contribution is 6.01. The summed E-state index contributed by atoms with van der Waals surface area (Å²) in [5, 5.41) is 2.60. The van der Waals surface area contributed by atoms with E-state index in [1.807, 2.05) is 30.3 Å². The van der Waals surface area contributed by atoms with E-state index in [0.717, 1.165) is 5.56 Å². The van der Waals surface area contributed by atoms with Gasteiger partial charge < -0.3 is 14.8 Å². The van der Waals surface area contributed by atoms with Crippen LogP contribution in [0.3, 0.4) is 0 Å². The molecule has 1 N–H and O–H groups in total. The smallest absolute Gasteiger partial charge is 0.354 e. The van der Waals surface area contributed by atoms with Crippen LogP contribution >= 0.6 is 0 Å². The molecule has 2 aromatic rings. The molecule has 5 heteroatoms. The molecule has 0 saturated carbocycles. The van der Waals surface area contributed by atoms with Gasteiger partial charge in [-0.05, 0) is 42.3 Å². The maximum Gasteiger partial charge on any atom is 0.354 e. The van der Waals surface area contributed by atoms with Gasteiger partial charge >= 0.3 is 5.97 Å². The number of carbonyl (C=O) groups is 2. The van der Waals surface area contributed by atoms with Crippen LogP contribution in [0.4, 0.5) is 0 Å². The molecular weight excluding hydrogens is 306 g/mol. The lowest BCUT2D eigenvalue weighted by molar-refractivity contribution is -0.136. The maximum absolute atomic E-state index is 12.3. The van der Waals surface area contributed by atoms with Crippen LogP contribution in [0.1, 0.15) is 15.9 Å². The van der Waals surface area contributed by atoms with Gasteiger partial charge in [0.05, 0.1) is 14.2 Å². The van der Waals surface area contributed by atoms with Crippen LogP contribution in [-0.2, 0) is 16.0 Å². The van der Waals surface area contributed by atoms with Crippen LogP contribution in [0.25, 0.3) is 0 Å². The molecule has 1 amide bonds. The maximum atomic E-state index is 12.3. The van der Waals surface area contributed by atoms with Gasteiger partial charge in [-0.3, -0.25) is 4.79 Å². The molecule has 0 atom stereocenters. The van der Waals surface area contributed by atoms with Crippen LogP contribution in [0, 0.1) is 0 Å². The van der Waals surface area contributed by atoms with E-state index < -0.39 is 5.97 Å². The van der Waals surface area contributed by atoms with Crippen molar-refractivity contribution in [2.24, 2.45) is 0 Å². The average molecular weight is 325 g/mol. The third-order valence-electron chi connectivity index (χ3n) is 3.39. The van der Waals surface area contributed by atoms with Crippen molar-refractivity contribution in [2.45, 2.75) is 6.42 Å². The number of nitrogens with one attached hydrogen (secondary N) is 1. The lowest BCUT2D eigenvalue weighted by Gasteiger charge is -2.09. The zero-order valence-corrected chi connectivity index (χ0v) is 13.6. The number of carbonyl (C=O) groups excluding carboxylic acids is 2. The number of methoxy groups -OCH3 is 2. The fourth-order valence-corrected chi connectivity index (χ4v) is 2.07. The van der Waals surface area contributed by atoms with E-state index in [9.17, 15) is 9.59 Å². The molecule has 5 nitrogen and oxygen atoms in total. The highest BCUT2D eigenvalue weighted by Crippen LogP contribution is 2.12. The summed E-state index contributed by atoms with van der Waals surface area (Å²) in [4.78, 5) is 24.2. The lowest BCUT2D eigenvalue weighted by atomic mass is 10.1. The molecular formula is C19H19NO4. The fourth-order valence-electron chi connectivity index (χ4n) is 2.07. The van der Waals surface area contributed by atoms with Crippen molar-refractivity contribution in [3.63, 3.8) is 0 Å². The Kier molecular flexibility index (Phi) is 6.14. The Balaban J connectivity index is 2.12. The van der Waals surface area contributed by atoms with Gasteiger partial charge in [-0.2, -0.15) is 0 Å². The monoisotopic (exact) mass is 325 g/mol. The van der Waals surface area contributed by atoms with Gasteiger partial charge in [0.15, 0.2) is 0 Å². The standard InChI is InChI=1S/C19H19NO4/c1-23-16-11-9-15(10-12-16)18(21)20-17(19(22)24-2)13-8-14-6-4-3-5-7-14/h3-7,9-13H,8H2,1-2H3,(H,20,21)/b17-13+. The number of hydrogen-bond acceptors (Lipinski definition) is 4. The first-order valence-electron chi connectivity index (χ1n) is 7.42. The van der Waals surface area contributed by atoms with Gasteiger partial charge in [0.1, 0.15) is 11.4 Å². The van der Waals surface area contributed by atoms with Crippen LogP contribution in [0.15, 0.2) is 66.4 Å². The van der Waals surface area contributed by atoms with Gasteiger partial charge in [0, 0.05) is 5.56 Å². The quantitative estimate of drug-likeness (QED) is 0.655. The molecule has 0 aliphatic carbocycles. The molecule has 0 heterocycles. The van der Waals surface area contributed by atoms with E-state index in [2.05, 4.69) is 5.32 Å². The van der Waals surface area contributed by atoms with Crippen LogP contribution in [0.5, 0.6) is 5.75 Å². The zero-order valence-electron chi connectivity index (χ0n) is 13.6. The van der Waals surface area contributed by atoms with Crippen LogP contribution in [-0.4, -0.2) is 26.1 Å². The van der Waals surface area contributed by atoms with Gasteiger partial charge in [-0.1, -0.05) is 30.3 Å². The summed E-state index contributed by atoms with van der Waals surface area (Å²) in [6.07, 6.45) is 2.15. The van der Waals surface area contributed by atoms with E-state index in [1.165, 1.54) is 7.11 Å². The number of amides is 1. The predicted octanol–water partition coefficient (Wildman–Crippen LogP) is 2.72. The Labute approximate surface area is 140 Å². The topological polar surface area (TPSA) is 64.6 Å².